The molecule has 0 aliphatic rings. The van der Waals surface area contributed by atoms with Gasteiger partial charge in [0.1, 0.15) is 0 Å². The maximum atomic E-state index is 11.6. The molecule has 0 radical (unpaired) electrons. The molecule has 0 aromatic heterocycles. The lowest BCUT2D eigenvalue weighted by Gasteiger charge is -2.13. The quantitative estimate of drug-likeness (QED) is 0.866. The molecule has 6 heteroatoms. The summed E-state index contributed by atoms with van der Waals surface area (Å²) in [7, 11) is 0. The van der Waals surface area contributed by atoms with Crippen molar-refractivity contribution in [3.63, 3.8) is 0 Å². The molecule has 18 heavy (non-hydrogen) atoms. The van der Waals surface area contributed by atoms with Crippen molar-refractivity contribution >= 4 is 45.0 Å². The molecule has 3 nitrogen and oxygen atoms in total. The van der Waals surface area contributed by atoms with Crippen molar-refractivity contribution in [1.82, 2.24) is 5.32 Å². The summed E-state index contributed by atoms with van der Waals surface area (Å²) in [5.41, 5.74) is 0. The van der Waals surface area contributed by atoms with Gasteiger partial charge in [0.2, 0.25) is 0 Å². The molecule has 0 aliphatic carbocycles. The van der Waals surface area contributed by atoms with Crippen LogP contribution in [0.3, 0.4) is 0 Å². The van der Waals surface area contributed by atoms with E-state index < -0.39 is 0 Å². The van der Waals surface area contributed by atoms with E-state index in [1.54, 1.807) is 12.1 Å². The molecule has 1 aromatic rings. The second-order valence-electron chi connectivity index (χ2n) is 3.86. The zero-order chi connectivity index (χ0) is 13.7. The maximum Gasteiger partial charge on any atom is 0.258 e. The molecule has 0 bridgehead atoms. The third-order valence-corrected chi connectivity index (χ3v) is 3.42. The molecule has 1 unspecified atom stereocenters. The Labute approximate surface area is 125 Å². The van der Waals surface area contributed by atoms with Gasteiger partial charge in [0.15, 0.2) is 12.4 Å². The lowest BCUT2D eigenvalue weighted by atomic mass is 10.2. The third kappa shape index (κ3) is 4.67. The average molecular weight is 355 g/mol. The lowest BCUT2D eigenvalue weighted by molar-refractivity contribution is -0.123. The Bertz CT molecular complexity index is 417. The third-order valence-electron chi connectivity index (χ3n) is 2.33. The van der Waals surface area contributed by atoms with Crippen LogP contribution >= 0.6 is 39.1 Å². The van der Waals surface area contributed by atoms with Crippen molar-refractivity contribution in [2.24, 2.45) is 0 Å². The summed E-state index contributed by atoms with van der Waals surface area (Å²) in [6.07, 6.45) is 0.872. The molecule has 1 aromatic carbocycles. The van der Waals surface area contributed by atoms with Crippen LogP contribution in [-0.4, -0.2) is 18.6 Å². The molecule has 0 heterocycles. The number of hydrogen-bond acceptors (Lipinski definition) is 2. The fraction of sp³-hybridized carbons (Fsp3) is 0.417. The highest BCUT2D eigenvalue weighted by molar-refractivity contribution is 9.10. The van der Waals surface area contributed by atoms with Crippen molar-refractivity contribution in [1.29, 1.82) is 0 Å². The van der Waals surface area contributed by atoms with Crippen molar-refractivity contribution in [3.05, 3.63) is 26.7 Å². The van der Waals surface area contributed by atoms with E-state index in [-0.39, 0.29) is 18.6 Å². The SMILES string of the molecule is CCC(C)NC(=O)COc1c(Cl)cc(Cl)cc1Br. The monoisotopic (exact) mass is 353 g/mol. The van der Waals surface area contributed by atoms with Gasteiger partial charge in [-0.25, -0.2) is 0 Å². The molecule has 0 saturated heterocycles. The molecule has 0 spiro atoms. The van der Waals surface area contributed by atoms with Crippen LogP contribution in [-0.2, 0) is 4.79 Å². The highest BCUT2D eigenvalue weighted by Crippen LogP contribution is 2.35. The second kappa shape index (κ2) is 7.22. The Hall–Kier alpha value is -0.450. The number of rotatable bonds is 5. The minimum absolute atomic E-state index is 0.0791. The summed E-state index contributed by atoms with van der Waals surface area (Å²) in [6, 6.07) is 3.36. The highest BCUT2D eigenvalue weighted by atomic mass is 79.9. The molecule has 1 amide bonds. The van der Waals surface area contributed by atoms with E-state index in [4.69, 9.17) is 27.9 Å². The van der Waals surface area contributed by atoms with E-state index in [0.29, 0.717) is 20.3 Å². The Morgan fingerprint density at radius 2 is 2.17 bits per heavy atom. The number of benzene rings is 1. The summed E-state index contributed by atoms with van der Waals surface area (Å²) in [4.78, 5) is 11.6. The molecule has 1 N–H and O–H groups in total. The molecular weight excluding hydrogens is 341 g/mol. The molecular formula is C12H14BrCl2NO2. The van der Waals surface area contributed by atoms with Gasteiger partial charge in [-0.05, 0) is 41.4 Å². The summed E-state index contributed by atoms with van der Waals surface area (Å²) < 4.78 is 6.00. The van der Waals surface area contributed by atoms with E-state index in [0.717, 1.165) is 6.42 Å². The zero-order valence-electron chi connectivity index (χ0n) is 10.1. The summed E-state index contributed by atoms with van der Waals surface area (Å²) in [6.45, 7) is 3.85. The predicted octanol–water partition coefficient (Wildman–Crippen LogP) is 4.05. The van der Waals surface area contributed by atoms with Crippen LogP contribution in [0.1, 0.15) is 20.3 Å². The van der Waals surface area contributed by atoms with Crippen molar-refractivity contribution in [2.75, 3.05) is 6.61 Å². The van der Waals surface area contributed by atoms with E-state index >= 15 is 0 Å². The summed E-state index contributed by atoms with van der Waals surface area (Å²) >= 11 is 15.1. The first-order valence-electron chi connectivity index (χ1n) is 5.50. The van der Waals surface area contributed by atoms with E-state index in [1.165, 1.54) is 0 Å². The van der Waals surface area contributed by atoms with Gasteiger partial charge in [-0.1, -0.05) is 30.1 Å². The molecule has 1 rings (SSSR count). The van der Waals surface area contributed by atoms with Crippen LogP contribution in [0.25, 0.3) is 0 Å². The van der Waals surface area contributed by atoms with Crippen molar-refractivity contribution < 1.29 is 9.53 Å². The number of nitrogens with one attached hydrogen (secondary N) is 1. The van der Waals surface area contributed by atoms with Gasteiger partial charge in [-0.3, -0.25) is 4.79 Å². The summed E-state index contributed by atoms with van der Waals surface area (Å²) in [5, 5.41) is 3.67. The van der Waals surface area contributed by atoms with Gasteiger partial charge in [-0.15, -0.1) is 0 Å². The van der Waals surface area contributed by atoms with E-state index in [9.17, 15) is 4.79 Å². The molecule has 0 aliphatic heterocycles. The fourth-order valence-electron chi connectivity index (χ4n) is 1.22. The number of carbonyl (C=O) groups is 1. The first-order valence-corrected chi connectivity index (χ1v) is 7.05. The number of ether oxygens (including phenoxy) is 1. The largest absolute Gasteiger partial charge is 0.481 e. The molecule has 1 atom stereocenters. The zero-order valence-corrected chi connectivity index (χ0v) is 13.2. The van der Waals surface area contributed by atoms with Crippen molar-refractivity contribution in [2.45, 2.75) is 26.3 Å². The molecule has 100 valence electrons. The van der Waals surface area contributed by atoms with Gasteiger partial charge in [0.05, 0.1) is 9.50 Å². The Kier molecular flexibility index (Phi) is 6.26. The minimum atomic E-state index is -0.178. The fourth-order valence-corrected chi connectivity index (χ4v) is 2.59. The van der Waals surface area contributed by atoms with Crippen LogP contribution in [0.5, 0.6) is 5.75 Å². The van der Waals surface area contributed by atoms with Crippen LogP contribution in [0.15, 0.2) is 16.6 Å². The first kappa shape index (κ1) is 15.6. The van der Waals surface area contributed by atoms with E-state index in [1.807, 2.05) is 13.8 Å². The number of carbonyl (C=O) groups excluding carboxylic acids is 1. The highest BCUT2D eigenvalue weighted by Gasteiger charge is 2.12. The minimum Gasteiger partial charge on any atom is -0.481 e. The standard InChI is InChI=1S/C12H14BrCl2NO2/c1-3-7(2)16-11(17)6-18-12-9(13)4-8(14)5-10(12)15/h4-5,7H,3,6H2,1-2H3,(H,16,17). The Morgan fingerprint density at radius 1 is 1.50 bits per heavy atom. The number of amides is 1. The van der Waals surface area contributed by atoms with Gasteiger partial charge in [-0.2, -0.15) is 0 Å². The van der Waals surface area contributed by atoms with Gasteiger partial charge < -0.3 is 10.1 Å². The van der Waals surface area contributed by atoms with Gasteiger partial charge in [0, 0.05) is 11.1 Å². The molecule has 0 fully saturated rings. The van der Waals surface area contributed by atoms with Gasteiger partial charge >= 0.3 is 0 Å². The van der Waals surface area contributed by atoms with Crippen LogP contribution in [0.2, 0.25) is 10.0 Å². The Morgan fingerprint density at radius 3 is 2.72 bits per heavy atom. The van der Waals surface area contributed by atoms with Gasteiger partial charge in [0.25, 0.3) is 5.91 Å². The number of halogens is 3. The predicted molar refractivity (Wildman–Crippen MR) is 77.6 cm³/mol. The number of hydrogen-bond donors (Lipinski definition) is 1. The van der Waals surface area contributed by atoms with Crippen molar-refractivity contribution in [3.8, 4) is 5.75 Å². The maximum absolute atomic E-state index is 11.6. The average Bonchev–Trinajstić information content (AvgIpc) is 2.27. The summed E-state index contributed by atoms with van der Waals surface area (Å²) in [5.74, 6) is 0.239. The van der Waals surface area contributed by atoms with Crippen LogP contribution in [0.4, 0.5) is 0 Å². The topological polar surface area (TPSA) is 38.3 Å². The Balaban J connectivity index is 2.61. The molecule has 0 saturated carbocycles. The smallest absolute Gasteiger partial charge is 0.258 e. The second-order valence-corrected chi connectivity index (χ2v) is 5.56. The van der Waals surface area contributed by atoms with Crippen LogP contribution in [0, 0.1) is 0 Å². The van der Waals surface area contributed by atoms with E-state index in [2.05, 4.69) is 21.2 Å². The first-order chi connectivity index (χ1) is 8.43. The lowest BCUT2D eigenvalue weighted by Crippen LogP contribution is -2.35. The normalized spacial score (nSPS) is 12.1. The van der Waals surface area contributed by atoms with Crippen LogP contribution < -0.4 is 10.1 Å².